The van der Waals surface area contributed by atoms with Crippen molar-refractivity contribution < 1.29 is 33.4 Å². The Labute approximate surface area is 278 Å². The molecule has 10 nitrogen and oxygen atoms in total. The lowest BCUT2D eigenvalue weighted by Crippen LogP contribution is -2.49. The second-order valence-electron chi connectivity index (χ2n) is 13.9. The molecule has 1 aromatic rings. The van der Waals surface area contributed by atoms with Crippen LogP contribution in [0.5, 0.6) is 0 Å². The van der Waals surface area contributed by atoms with E-state index in [0.717, 1.165) is 37.2 Å². The van der Waals surface area contributed by atoms with Gasteiger partial charge in [0.25, 0.3) is 0 Å². The van der Waals surface area contributed by atoms with Crippen molar-refractivity contribution in [3.05, 3.63) is 47.3 Å². The highest BCUT2D eigenvalue weighted by Crippen LogP contribution is 2.32. The van der Waals surface area contributed by atoms with Crippen LogP contribution in [-0.4, -0.2) is 115 Å². The number of carbonyl (C=O) groups excluding carboxylic acids is 3. The van der Waals surface area contributed by atoms with E-state index in [1.54, 1.807) is 4.90 Å². The van der Waals surface area contributed by atoms with Gasteiger partial charge in [-0.05, 0) is 81.0 Å². The second-order valence-corrected chi connectivity index (χ2v) is 13.9. The highest BCUT2D eigenvalue weighted by molar-refractivity contribution is 5.81. The number of nitrogens with zero attached hydrogens (tertiary/aromatic N) is 4. The molecule has 3 heterocycles. The summed E-state index contributed by atoms with van der Waals surface area (Å²) in [5.74, 6) is -0.820. The molecule has 258 valence electrons. The number of aliphatic hydroxyl groups is 1. The van der Waals surface area contributed by atoms with Gasteiger partial charge in [-0.25, -0.2) is 9.18 Å². The fraction of sp³-hybridized carbons (Fsp3) is 0.639. The Balaban J connectivity index is 1.32. The molecule has 5 rings (SSSR count). The maximum atomic E-state index is 14.9. The first-order valence-electron chi connectivity index (χ1n) is 17.2. The highest BCUT2D eigenvalue weighted by atomic mass is 19.1. The van der Waals surface area contributed by atoms with Crippen LogP contribution < -0.4 is 4.90 Å². The van der Waals surface area contributed by atoms with Gasteiger partial charge < -0.3 is 34.2 Å². The van der Waals surface area contributed by atoms with Crippen LogP contribution in [0.4, 0.5) is 14.9 Å². The minimum absolute atomic E-state index is 0.0746. The Hall–Kier alpha value is -3.44. The van der Waals surface area contributed by atoms with Gasteiger partial charge in [-0.3, -0.25) is 9.59 Å². The van der Waals surface area contributed by atoms with Gasteiger partial charge in [0.15, 0.2) is 0 Å². The number of hydrogen-bond acceptors (Lipinski definition) is 8. The van der Waals surface area contributed by atoms with Crippen LogP contribution in [0.3, 0.4) is 0 Å². The zero-order chi connectivity index (χ0) is 33.7. The lowest BCUT2D eigenvalue weighted by molar-refractivity contribution is -0.151. The maximum absolute atomic E-state index is 14.9. The van der Waals surface area contributed by atoms with Crippen LogP contribution >= 0.6 is 0 Å². The van der Waals surface area contributed by atoms with Gasteiger partial charge >= 0.3 is 12.1 Å². The Morgan fingerprint density at radius 1 is 0.936 bits per heavy atom. The first-order chi connectivity index (χ1) is 22.5. The van der Waals surface area contributed by atoms with Gasteiger partial charge in [0.05, 0.1) is 12.5 Å². The minimum Gasteiger partial charge on any atom is -0.457 e. The van der Waals surface area contributed by atoms with Crippen LogP contribution in [0.1, 0.15) is 58.4 Å². The number of aliphatic hydroxyl groups excluding tert-OH is 1. The van der Waals surface area contributed by atoms with Gasteiger partial charge in [0.1, 0.15) is 18.0 Å². The van der Waals surface area contributed by atoms with Crippen LogP contribution in [0.15, 0.2) is 35.9 Å². The van der Waals surface area contributed by atoms with E-state index in [0.29, 0.717) is 57.7 Å². The van der Waals surface area contributed by atoms with Crippen LogP contribution in [0.25, 0.3) is 6.08 Å². The van der Waals surface area contributed by atoms with Crippen molar-refractivity contribution in [3.63, 3.8) is 0 Å². The zero-order valence-electron chi connectivity index (χ0n) is 28.3. The van der Waals surface area contributed by atoms with Crippen molar-refractivity contribution in [2.45, 2.75) is 71.2 Å². The van der Waals surface area contributed by atoms with Crippen molar-refractivity contribution >= 4 is 29.7 Å². The number of esters is 1. The van der Waals surface area contributed by atoms with Gasteiger partial charge in [0, 0.05) is 69.9 Å². The number of piperazine rings is 2. The van der Waals surface area contributed by atoms with Gasteiger partial charge in [0.2, 0.25) is 5.91 Å². The lowest BCUT2D eigenvalue weighted by atomic mass is 9.91. The SMILES string of the molecule is C/C(=C\c1cc(F)cc(N2CCN(C(=O)C3CC3)CC2)c1)[C@H]1OC(=O)C[C@H](O)CC[C@H](C)[C@@H](OC(=O)N2CCN(C)CC2)/C=C/[C@@H]1C. The van der Waals surface area contributed by atoms with Gasteiger partial charge in [-0.1, -0.05) is 26.0 Å². The van der Waals surface area contributed by atoms with Gasteiger partial charge in [-0.2, -0.15) is 0 Å². The third kappa shape index (κ3) is 9.56. The predicted octanol–water partition coefficient (Wildman–Crippen LogP) is 4.33. The Kier molecular flexibility index (Phi) is 11.6. The van der Waals surface area contributed by atoms with Crippen molar-refractivity contribution in [2.24, 2.45) is 17.8 Å². The number of amides is 2. The third-order valence-electron chi connectivity index (χ3n) is 9.89. The Morgan fingerprint density at radius 3 is 2.30 bits per heavy atom. The summed E-state index contributed by atoms with van der Waals surface area (Å²) in [6.45, 7) is 11.1. The maximum Gasteiger partial charge on any atom is 0.410 e. The number of anilines is 1. The molecule has 3 fully saturated rings. The lowest BCUT2D eigenvalue weighted by Gasteiger charge is -2.36. The fourth-order valence-corrected chi connectivity index (χ4v) is 6.61. The number of benzene rings is 1. The van der Waals surface area contributed by atoms with E-state index in [2.05, 4.69) is 9.80 Å². The molecule has 1 aliphatic carbocycles. The molecule has 1 aromatic carbocycles. The molecule has 2 amide bonds. The fourth-order valence-electron chi connectivity index (χ4n) is 6.61. The first-order valence-corrected chi connectivity index (χ1v) is 17.2. The van der Waals surface area contributed by atoms with Crippen molar-refractivity contribution in [1.82, 2.24) is 14.7 Å². The molecule has 2 saturated heterocycles. The van der Waals surface area contributed by atoms with Crippen LogP contribution in [0, 0.1) is 23.6 Å². The summed E-state index contributed by atoms with van der Waals surface area (Å²) in [6, 6.07) is 4.89. The number of cyclic esters (lactones) is 1. The van der Waals surface area contributed by atoms with Crippen LogP contribution in [-0.2, 0) is 19.1 Å². The summed E-state index contributed by atoms with van der Waals surface area (Å²) in [5, 5.41) is 10.6. The van der Waals surface area contributed by atoms with Crippen molar-refractivity contribution in [2.75, 3.05) is 64.3 Å². The number of hydrogen-bond donors (Lipinski definition) is 1. The normalized spacial score (nSPS) is 29.4. The topological polar surface area (TPSA) is 103 Å². The van der Waals surface area contributed by atoms with E-state index >= 15 is 0 Å². The molecule has 3 aliphatic heterocycles. The summed E-state index contributed by atoms with van der Waals surface area (Å²) in [4.78, 5) is 46.4. The Morgan fingerprint density at radius 2 is 1.62 bits per heavy atom. The number of halogens is 1. The Bertz CT molecular complexity index is 1330. The summed E-state index contributed by atoms with van der Waals surface area (Å²) in [6.07, 6.45) is 5.97. The van der Waals surface area contributed by atoms with Crippen LogP contribution in [0.2, 0.25) is 0 Å². The minimum atomic E-state index is -0.881. The summed E-state index contributed by atoms with van der Waals surface area (Å²) in [7, 11) is 2.03. The molecule has 4 aliphatic rings. The molecule has 0 bridgehead atoms. The van der Waals surface area contributed by atoms with E-state index in [1.165, 1.54) is 12.1 Å². The molecule has 0 spiro atoms. The summed E-state index contributed by atoms with van der Waals surface area (Å²) in [5.41, 5.74) is 2.10. The van der Waals surface area contributed by atoms with E-state index in [-0.39, 0.29) is 42.0 Å². The average molecular weight is 655 g/mol. The molecule has 11 heteroatoms. The monoisotopic (exact) mass is 654 g/mol. The first kappa shape index (κ1) is 34.9. The van der Waals surface area contributed by atoms with Gasteiger partial charge in [-0.15, -0.1) is 0 Å². The van der Waals surface area contributed by atoms with E-state index in [4.69, 9.17) is 9.47 Å². The third-order valence-corrected chi connectivity index (χ3v) is 9.89. The van der Waals surface area contributed by atoms with E-state index in [9.17, 15) is 23.9 Å². The molecule has 1 saturated carbocycles. The number of ether oxygens (including phenoxy) is 2. The summed E-state index contributed by atoms with van der Waals surface area (Å²) < 4.78 is 26.9. The molecule has 0 unspecified atom stereocenters. The molecular weight excluding hydrogens is 603 g/mol. The molecule has 5 atom stereocenters. The smallest absolute Gasteiger partial charge is 0.410 e. The predicted molar refractivity (Wildman–Crippen MR) is 178 cm³/mol. The summed E-state index contributed by atoms with van der Waals surface area (Å²) >= 11 is 0. The van der Waals surface area contributed by atoms with Crippen molar-refractivity contribution in [1.29, 1.82) is 0 Å². The average Bonchev–Trinajstić information content (AvgIpc) is 3.89. The van der Waals surface area contributed by atoms with E-state index in [1.807, 2.05) is 57.0 Å². The molecular formula is C36H51FN4O6. The second kappa shape index (κ2) is 15.6. The molecule has 0 aromatic heterocycles. The van der Waals surface area contributed by atoms with E-state index < -0.39 is 24.3 Å². The van der Waals surface area contributed by atoms with Crippen molar-refractivity contribution in [3.8, 4) is 0 Å². The largest absolute Gasteiger partial charge is 0.457 e. The molecule has 1 N–H and O–H groups in total. The number of likely N-dealkylation sites (N-methyl/N-ethyl adjacent to an activating group) is 1. The zero-order valence-corrected chi connectivity index (χ0v) is 28.3. The standard InChI is InChI=1S/C36H51FN4O6/c1-24-5-9-31(42)23-33(43)47-34(25(2)6-10-32(24)46-36(45)41-13-11-38(4)12-14-41)26(3)19-27-20-29(37)22-30(21-27)39-15-17-40(18-16-39)35(44)28-7-8-28/h6,10,19-22,24-25,28,31-32,34,42H,5,7-9,11-18,23H2,1-4H3/b10-6+,26-19+/t24-,25-,31+,32-,34-/m0/s1. The quantitative estimate of drug-likeness (QED) is 0.370. The molecule has 0 radical (unpaired) electrons. The molecule has 47 heavy (non-hydrogen) atoms. The number of carbonyl (C=O) groups is 3. The number of rotatable bonds is 5. The highest BCUT2D eigenvalue weighted by Gasteiger charge is 2.35.